The number of carbonyl (C=O) groups is 1. The minimum Gasteiger partial charge on any atom is -0.473 e. The Morgan fingerprint density at radius 3 is 2.50 bits per heavy atom. The number of aromatic nitrogens is 1. The van der Waals surface area contributed by atoms with Crippen LogP contribution in [0.1, 0.15) is 27.0 Å². The zero-order valence-corrected chi connectivity index (χ0v) is 17.0. The molecule has 0 unspecified atom stereocenters. The average Bonchev–Trinajstić information content (AvgIpc) is 2.78. The Hall–Kier alpha value is -3.66. The lowest BCUT2D eigenvalue weighted by atomic mass is 10.1. The maximum atomic E-state index is 12.9. The standard InChI is InChI=1S/C26H24N2O2/c1-19-8-7-11-20(16-19)14-15-27-26(29)23-17-25(28-24-13-6-5-12-22(23)24)30-18-21-9-3-2-4-10-21/h2-13,16-17H,14-15,18H2,1H3,(H,27,29). The third kappa shape index (κ3) is 4.84. The zero-order chi connectivity index (χ0) is 20.8. The number of hydrogen-bond acceptors (Lipinski definition) is 3. The van der Waals surface area contributed by atoms with Crippen LogP contribution in [0.25, 0.3) is 10.9 Å². The van der Waals surface area contributed by atoms with Crippen molar-refractivity contribution in [1.82, 2.24) is 10.3 Å². The van der Waals surface area contributed by atoms with Crippen molar-refractivity contribution < 1.29 is 9.53 Å². The van der Waals surface area contributed by atoms with Gasteiger partial charge in [-0.15, -0.1) is 0 Å². The van der Waals surface area contributed by atoms with Gasteiger partial charge in [-0.05, 0) is 30.5 Å². The predicted molar refractivity (Wildman–Crippen MR) is 120 cm³/mol. The monoisotopic (exact) mass is 396 g/mol. The summed E-state index contributed by atoms with van der Waals surface area (Å²) in [5.41, 5.74) is 4.80. The summed E-state index contributed by atoms with van der Waals surface area (Å²) >= 11 is 0. The number of hydrogen-bond donors (Lipinski definition) is 1. The molecule has 0 radical (unpaired) electrons. The minimum absolute atomic E-state index is 0.120. The van der Waals surface area contributed by atoms with Crippen LogP contribution in [0.2, 0.25) is 0 Å². The number of aryl methyl sites for hydroxylation is 1. The highest BCUT2D eigenvalue weighted by molar-refractivity contribution is 6.06. The maximum Gasteiger partial charge on any atom is 0.252 e. The van der Waals surface area contributed by atoms with Gasteiger partial charge in [0.25, 0.3) is 5.91 Å². The van der Waals surface area contributed by atoms with Gasteiger partial charge in [0.15, 0.2) is 0 Å². The number of carbonyl (C=O) groups excluding carboxylic acids is 1. The summed E-state index contributed by atoms with van der Waals surface area (Å²) in [5, 5.41) is 3.86. The first-order valence-electron chi connectivity index (χ1n) is 10.1. The first-order chi connectivity index (χ1) is 14.7. The zero-order valence-electron chi connectivity index (χ0n) is 17.0. The molecule has 0 aliphatic heterocycles. The van der Waals surface area contributed by atoms with Gasteiger partial charge in [0, 0.05) is 18.0 Å². The predicted octanol–water partition coefficient (Wildman–Crippen LogP) is 5.09. The minimum atomic E-state index is -0.120. The number of para-hydroxylation sites is 1. The molecular formula is C26H24N2O2. The summed E-state index contributed by atoms with van der Waals surface area (Å²) in [5.74, 6) is 0.326. The van der Waals surface area contributed by atoms with Crippen molar-refractivity contribution in [2.45, 2.75) is 20.0 Å². The lowest BCUT2D eigenvalue weighted by Gasteiger charge is -2.11. The molecule has 0 saturated carbocycles. The summed E-state index contributed by atoms with van der Waals surface area (Å²) in [6.07, 6.45) is 0.786. The molecule has 150 valence electrons. The molecule has 0 aliphatic rings. The molecule has 0 saturated heterocycles. The van der Waals surface area contributed by atoms with Crippen LogP contribution >= 0.6 is 0 Å². The number of pyridine rings is 1. The van der Waals surface area contributed by atoms with E-state index in [1.165, 1.54) is 11.1 Å². The van der Waals surface area contributed by atoms with E-state index < -0.39 is 0 Å². The molecule has 0 aliphatic carbocycles. The van der Waals surface area contributed by atoms with Crippen LogP contribution in [0.4, 0.5) is 0 Å². The number of nitrogens with one attached hydrogen (secondary N) is 1. The molecule has 1 heterocycles. The van der Waals surface area contributed by atoms with Crippen LogP contribution in [-0.4, -0.2) is 17.4 Å². The molecule has 4 heteroatoms. The van der Waals surface area contributed by atoms with Crippen molar-refractivity contribution in [2.75, 3.05) is 6.54 Å². The molecule has 30 heavy (non-hydrogen) atoms. The van der Waals surface area contributed by atoms with Crippen LogP contribution in [0, 0.1) is 6.92 Å². The van der Waals surface area contributed by atoms with E-state index in [2.05, 4.69) is 35.4 Å². The third-order valence-corrected chi connectivity index (χ3v) is 4.95. The Kier molecular flexibility index (Phi) is 6.04. The van der Waals surface area contributed by atoms with E-state index in [0.717, 1.165) is 22.9 Å². The number of ether oxygens (including phenoxy) is 1. The van der Waals surface area contributed by atoms with E-state index >= 15 is 0 Å². The Bertz CT molecular complexity index is 1160. The first kappa shape index (κ1) is 19.6. The van der Waals surface area contributed by atoms with Gasteiger partial charge in [-0.1, -0.05) is 78.4 Å². The van der Waals surface area contributed by atoms with Gasteiger partial charge in [-0.3, -0.25) is 4.79 Å². The first-order valence-corrected chi connectivity index (χ1v) is 10.1. The quantitative estimate of drug-likeness (QED) is 0.473. The Morgan fingerprint density at radius 1 is 0.900 bits per heavy atom. The third-order valence-electron chi connectivity index (χ3n) is 4.95. The van der Waals surface area contributed by atoms with Crippen LogP contribution in [0.3, 0.4) is 0 Å². The normalized spacial score (nSPS) is 10.7. The van der Waals surface area contributed by atoms with E-state index in [1.807, 2.05) is 60.7 Å². The van der Waals surface area contributed by atoms with Crippen molar-refractivity contribution >= 4 is 16.8 Å². The molecular weight excluding hydrogens is 372 g/mol. The van der Waals surface area contributed by atoms with Crippen molar-refractivity contribution in [3.8, 4) is 5.88 Å². The van der Waals surface area contributed by atoms with Crippen LogP contribution in [-0.2, 0) is 13.0 Å². The number of rotatable bonds is 7. The molecule has 3 aromatic carbocycles. The van der Waals surface area contributed by atoms with Gasteiger partial charge in [-0.25, -0.2) is 4.98 Å². The fraction of sp³-hybridized carbons (Fsp3) is 0.154. The largest absolute Gasteiger partial charge is 0.473 e. The SMILES string of the molecule is Cc1cccc(CCNC(=O)c2cc(OCc3ccccc3)nc3ccccc23)c1. The molecule has 4 nitrogen and oxygen atoms in total. The second-order valence-electron chi connectivity index (χ2n) is 7.29. The second kappa shape index (κ2) is 9.23. The summed E-state index contributed by atoms with van der Waals surface area (Å²) < 4.78 is 5.89. The van der Waals surface area contributed by atoms with Crippen molar-refractivity contribution in [1.29, 1.82) is 0 Å². The van der Waals surface area contributed by atoms with E-state index in [0.29, 0.717) is 24.6 Å². The fourth-order valence-electron chi connectivity index (χ4n) is 3.43. The van der Waals surface area contributed by atoms with Gasteiger partial charge in [0.05, 0.1) is 11.1 Å². The number of amides is 1. The van der Waals surface area contributed by atoms with Crippen molar-refractivity contribution in [3.05, 3.63) is 107 Å². The molecule has 0 atom stereocenters. The van der Waals surface area contributed by atoms with Gasteiger partial charge in [0.1, 0.15) is 6.61 Å². The van der Waals surface area contributed by atoms with Gasteiger partial charge in [-0.2, -0.15) is 0 Å². The molecule has 0 fully saturated rings. The number of nitrogens with zero attached hydrogens (tertiary/aromatic N) is 1. The van der Waals surface area contributed by atoms with E-state index in [9.17, 15) is 4.79 Å². The average molecular weight is 396 g/mol. The Balaban J connectivity index is 1.50. The summed E-state index contributed by atoms with van der Waals surface area (Å²) in [7, 11) is 0. The van der Waals surface area contributed by atoms with Gasteiger partial charge in [0.2, 0.25) is 5.88 Å². The summed E-state index contributed by atoms with van der Waals surface area (Å²) in [6, 6.07) is 27.6. The van der Waals surface area contributed by atoms with Crippen molar-refractivity contribution in [2.24, 2.45) is 0 Å². The fourth-order valence-corrected chi connectivity index (χ4v) is 3.43. The Morgan fingerprint density at radius 2 is 1.67 bits per heavy atom. The highest BCUT2D eigenvalue weighted by Gasteiger charge is 2.13. The van der Waals surface area contributed by atoms with Crippen LogP contribution < -0.4 is 10.1 Å². The smallest absolute Gasteiger partial charge is 0.252 e. The molecule has 0 bridgehead atoms. The van der Waals surface area contributed by atoms with Gasteiger partial charge >= 0.3 is 0 Å². The molecule has 1 N–H and O–H groups in total. The topological polar surface area (TPSA) is 51.2 Å². The van der Waals surface area contributed by atoms with Crippen LogP contribution in [0.15, 0.2) is 84.9 Å². The summed E-state index contributed by atoms with van der Waals surface area (Å²) in [4.78, 5) is 17.5. The number of fused-ring (bicyclic) bond motifs is 1. The maximum absolute atomic E-state index is 12.9. The molecule has 1 amide bonds. The lowest BCUT2D eigenvalue weighted by Crippen LogP contribution is -2.26. The van der Waals surface area contributed by atoms with Gasteiger partial charge < -0.3 is 10.1 Å². The molecule has 1 aromatic heterocycles. The van der Waals surface area contributed by atoms with Crippen molar-refractivity contribution in [3.63, 3.8) is 0 Å². The van der Waals surface area contributed by atoms with Crippen LogP contribution in [0.5, 0.6) is 5.88 Å². The second-order valence-corrected chi connectivity index (χ2v) is 7.29. The van der Waals surface area contributed by atoms with E-state index in [1.54, 1.807) is 6.07 Å². The lowest BCUT2D eigenvalue weighted by molar-refractivity contribution is 0.0955. The highest BCUT2D eigenvalue weighted by Crippen LogP contribution is 2.23. The van der Waals surface area contributed by atoms with E-state index in [-0.39, 0.29) is 5.91 Å². The molecule has 4 rings (SSSR count). The number of benzene rings is 3. The Labute approximate surface area is 176 Å². The molecule has 4 aromatic rings. The highest BCUT2D eigenvalue weighted by atomic mass is 16.5. The van der Waals surface area contributed by atoms with E-state index in [4.69, 9.17) is 4.74 Å². The summed E-state index contributed by atoms with van der Waals surface area (Å²) in [6.45, 7) is 3.04. The molecule has 0 spiro atoms.